The first-order valence-corrected chi connectivity index (χ1v) is 10.4. The van der Waals surface area contributed by atoms with Crippen molar-refractivity contribution >= 4 is 45.1 Å². The van der Waals surface area contributed by atoms with E-state index in [4.69, 9.17) is 21.1 Å². The first kappa shape index (κ1) is 25.5. The zero-order valence-electron chi connectivity index (χ0n) is 18.0. The summed E-state index contributed by atoms with van der Waals surface area (Å²) in [6, 6.07) is 4.28. The van der Waals surface area contributed by atoms with Crippen molar-refractivity contribution in [2.45, 2.75) is 32.9 Å². The molecule has 0 fully saturated rings. The maximum Gasteiger partial charge on any atom is 0.410 e. The molecule has 32 heavy (non-hydrogen) atoms. The van der Waals surface area contributed by atoms with Gasteiger partial charge in [0.1, 0.15) is 22.7 Å². The average molecular weight is 532 g/mol. The number of ether oxygens (including phenoxy) is 2. The Morgan fingerprint density at radius 1 is 1.28 bits per heavy atom. The minimum absolute atomic E-state index is 0.0212. The van der Waals surface area contributed by atoms with E-state index < -0.39 is 33.9 Å². The fraction of sp³-hybridized carbons (Fsp3) is 0.333. The number of benzene rings is 2. The van der Waals surface area contributed by atoms with Crippen LogP contribution < -0.4 is 4.74 Å². The highest BCUT2D eigenvalue weighted by atomic mass is 79.9. The molecule has 0 unspecified atom stereocenters. The monoisotopic (exact) mass is 530 g/mol. The molecule has 0 atom stereocenters. The number of rotatable bonds is 6. The predicted molar refractivity (Wildman–Crippen MR) is 120 cm³/mol. The van der Waals surface area contributed by atoms with Crippen LogP contribution >= 0.6 is 27.5 Å². The van der Waals surface area contributed by atoms with Crippen molar-refractivity contribution in [1.29, 1.82) is 0 Å². The number of nitro benzene ring substituents is 1. The zero-order valence-corrected chi connectivity index (χ0v) is 20.3. The van der Waals surface area contributed by atoms with E-state index in [9.17, 15) is 24.1 Å². The van der Waals surface area contributed by atoms with Crippen LogP contribution in [-0.2, 0) is 11.3 Å². The molecule has 0 N–H and O–H groups in total. The SMILES string of the molecule is COc1c(CN(C)C(=O)OC(C)(C)C)cc([N+](=O)[O-])c(C(=O)c2cc(F)ccc2Cl)c1Br. The van der Waals surface area contributed by atoms with E-state index in [-0.39, 0.29) is 38.5 Å². The number of nitrogens with zero attached hydrogens (tertiary/aromatic N) is 2. The number of methoxy groups -OCH3 is 1. The molecule has 1 amide bonds. The van der Waals surface area contributed by atoms with Crippen molar-refractivity contribution in [3.63, 3.8) is 0 Å². The van der Waals surface area contributed by atoms with Gasteiger partial charge in [0.2, 0.25) is 5.78 Å². The Morgan fingerprint density at radius 3 is 2.44 bits per heavy atom. The summed E-state index contributed by atoms with van der Waals surface area (Å²) in [5.74, 6) is -1.49. The highest BCUT2D eigenvalue weighted by Gasteiger charge is 2.31. The van der Waals surface area contributed by atoms with Crippen LogP contribution in [0, 0.1) is 15.9 Å². The van der Waals surface area contributed by atoms with Crippen LogP contribution in [0.2, 0.25) is 5.02 Å². The topological polar surface area (TPSA) is 99.0 Å². The number of amides is 1. The Bertz CT molecular complexity index is 1090. The summed E-state index contributed by atoms with van der Waals surface area (Å²) in [6.45, 7) is 5.02. The lowest BCUT2D eigenvalue weighted by Gasteiger charge is -2.25. The summed E-state index contributed by atoms with van der Waals surface area (Å²) < 4.78 is 24.3. The maximum atomic E-state index is 13.7. The highest BCUT2D eigenvalue weighted by molar-refractivity contribution is 9.10. The molecule has 0 aliphatic carbocycles. The van der Waals surface area contributed by atoms with Gasteiger partial charge in [-0.05, 0) is 54.9 Å². The molecule has 0 saturated heterocycles. The Kier molecular flexibility index (Phi) is 7.84. The van der Waals surface area contributed by atoms with Gasteiger partial charge in [0.05, 0.1) is 28.1 Å². The molecule has 8 nitrogen and oxygen atoms in total. The molecule has 0 bridgehead atoms. The molecule has 2 rings (SSSR count). The molecule has 172 valence electrons. The van der Waals surface area contributed by atoms with Crippen LogP contribution in [0.5, 0.6) is 5.75 Å². The second kappa shape index (κ2) is 9.83. The van der Waals surface area contributed by atoms with Crippen molar-refractivity contribution in [3.05, 3.63) is 66.4 Å². The summed E-state index contributed by atoms with van der Waals surface area (Å²) in [4.78, 5) is 37.7. The molecular weight excluding hydrogens is 511 g/mol. The quantitative estimate of drug-likeness (QED) is 0.267. The molecule has 0 saturated carbocycles. The van der Waals surface area contributed by atoms with Crippen LogP contribution in [0.3, 0.4) is 0 Å². The number of hydrogen-bond acceptors (Lipinski definition) is 6. The normalized spacial score (nSPS) is 11.1. The predicted octanol–water partition coefficient (Wildman–Crippen LogP) is 5.76. The van der Waals surface area contributed by atoms with E-state index in [0.717, 1.165) is 18.2 Å². The molecule has 0 aliphatic heterocycles. The van der Waals surface area contributed by atoms with E-state index in [0.29, 0.717) is 0 Å². The fourth-order valence-corrected chi connectivity index (χ4v) is 3.84. The van der Waals surface area contributed by atoms with Gasteiger partial charge in [0.25, 0.3) is 5.69 Å². The van der Waals surface area contributed by atoms with E-state index >= 15 is 0 Å². The molecule has 0 radical (unpaired) electrons. The van der Waals surface area contributed by atoms with Crippen molar-refractivity contribution in [3.8, 4) is 5.75 Å². The lowest BCUT2D eigenvalue weighted by Crippen LogP contribution is -2.34. The number of carbonyl (C=O) groups excluding carboxylic acids is 2. The molecule has 0 aromatic heterocycles. The smallest absolute Gasteiger partial charge is 0.410 e. The van der Waals surface area contributed by atoms with Crippen LogP contribution in [-0.4, -0.2) is 41.5 Å². The van der Waals surface area contributed by atoms with Gasteiger partial charge in [0.15, 0.2) is 0 Å². The Hall–Kier alpha value is -2.72. The minimum Gasteiger partial charge on any atom is -0.495 e. The zero-order chi connectivity index (χ0) is 24.4. The van der Waals surface area contributed by atoms with Crippen molar-refractivity contribution in [2.75, 3.05) is 14.2 Å². The second-order valence-corrected chi connectivity index (χ2v) is 9.02. The van der Waals surface area contributed by atoms with Crippen molar-refractivity contribution in [2.24, 2.45) is 0 Å². The molecule has 2 aromatic rings. The molecule has 11 heteroatoms. The Morgan fingerprint density at radius 2 is 1.91 bits per heavy atom. The fourth-order valence-electron chi connectivity index (χ4n) is 2.83. The van der Waals surface area contributed by atoms with Gasteiger partial charge in [0, 0.05) is 24.2 Å². The third kappa shape index (κ3) is 5.74. The average Bonchev–Trinajstić information content (AvgIpc) is 2.67. The van der Waals surface area contributed by atoms with E-state index in [1.807, 2.05) is 0 Å². The number of ketones is 1. The Labute approximate surface area is 197 Å². The molecule has 2 aromatic carbocycles. The van der Waals surface area contributed by atoms with E-state index in [2.05, 4.69) is 15.9 Å². The van der Waals surface area contributed by atoms with Crippen molar-refractivity contribution in [1.82, 2.24) is 4.90 Å². The summed E-state index contributed by atoms with van der Waals surface area (Å²) in [5, 5.41) is 11.7. The minimum atomic E-state index is -0.863. The highest BCUT2D eigenvalue weighted by Crippen LogP contribution is 2.41. The van der Waals surface area contributed by atoms with Gasteiger partial charge in [-0.2, -0.15) is 0 Å². The van der Waals surface area contributed by atoms with Crippen LogP contribution in [0.1, 0.15) is 42.3 Å². The summed E-state index contributed by atoms with van der Waals surface area (Å²) >= 11 is 9.23. The van der Waals surface area contributed by atoms with Gasteiger partial charge in [-0.15, -0.1) is 0 Å². The standard InChI is InChI=1S/C21H21BrClFN2O6/c1-21(2,3)32-20(28)25(4)10-11-8-15(26(29)30)16(17(22)19(11)31-5)18(27)13-9-12(24)6-7-14(13)23/h6-9H,10H2,1-5H3. The number of halogens is 3. The molecule has 0 spiro atoms. The third-order valence-corrected chi connectivity index (χ3v) is 5.28. The lowest BCUT2D eigenvalue weighted by atomic mass is 9.98. The van der Waals surface area contributed by atoms with Gasteiger partial charge in [-0.3, -0.25) is 14.9 Å². The first-order valence-electron chi connectivity index (χ1n) is 9.24. The number of carbonyl (C=O) groups is 2. The maximum absolute atomic E-state index is 13.7. The largest absolute Gasteiger partial charge is 0.495 e. The van der Waals surface area contributed by atoms with Gasteiger partial charge >= 0.3 is 6.09 Å². The van der Waals surface area contributed by atoms with E-state index in [1.54, 1.807) is 20.8 Å². The van der Waals surface area contributed by atoms with Crippen LogP contribution in [0.25, 0.3) is 0 Å². The third-order valence-electron chi connectivity index (χ3n) is 4.19. The lowest BCUT2D eigenvalue weighted by molar-refractivity contribution is -0.385. The summed E-state index contributed by atoms with van der Waals surface area (Å²) in [6.07, 6.45) is -0.648. The molecular formula is C21H21BrClFN2O6. The van der Waals surface area contributed by atoms with Gasteiger partial charge in [-0.1, -0.05) is 11.6 Å². The van der Waals surface area contributed by atoms with Crippen LogP contribution in [0.4, 0.5) is 14.9 Å². The van der Waals surface area contributed by atoms with Gasteiger partial charge < -0.3 is 14.4 Å². The van der Waals surface area contributed by atoms with Crippen molar-refractivity contribution < 1.29 is 28.4 Å². The molecule has 0 aliphatic rings. The number of hydrogen-bond donors (Lipinski definition) is 0. The van der Waals surface area contributed by atoms with E-state index in [1.165, 1.54) is 25.1 Å². The summed E-state index contributed by atoms with van der Waals surface area (Å²) in [7, 11) is 2.77. The molecule has 0 heterocycles. The van der Waals surface area contributed by atoms with Gasteiger partial charge in [-0.25, -0.2) is 9.18 Å². The first-order chi connectivity index (χ1) is 14.8. The second-order valence-electron chi connectivity index (χ2n) is 7.82. The Balaban J connectivity index is 2.60. The summed E-state index contributed by atoms with van der Waals surface area (Å²) in [5.41, 5.74) is -1.64. The van der Waals surface area contributed by atoms with Crippen LogP contribution in [0.15, 0.2) is 28.7 Å². The number of nitro groups is 1.